The van der Waals surface area contributed by atoms with Gasteiger partial charge in [0.1, 0.15) is 12.4 Å². The number of hydrogen-bond acceptors (Lipinski definition) is 10. The fourth-order valence-corrected chi connectivity index (χ4v) is 6.83. The monoisotopic (exact) mass is 744 g/mol. The molecule has 0 amide bonds. The molecule has 1 aromatic heterocycles. The predicted molar refractivity (Wildman–Crippen MR) is 188 cm³/mol. The fourth-order valence-electron chi connectivity index (χ4n) is 5.10. The van der Waals surface area contributed by atoms with Gasteiger partial charge in [0, 0.05) is 15.6 Å². The van der Waals surface area contributed by atoms with Crippen LogP contribution in [0.1, 0.15) is 43.5 Å². The van der Waals surface area contributed by atoms with Crippen LogP contribution in [0.4, 0.5) is 0 Å². The van der Waals surface area contributed by atoms with E-state index in [-0.39, 0.29) is 42.8 Å². The van der Waals surface area contributed by atoms with Crippen LogP contribution in [-0.2, 0) is 25.7 Å². The molecule has 0 bridgehead atoms. The van der Waals surface area contributed by atoms with Crippen molar-refractivity contribution >= 4 is 64.2 Å². The Morgan fingerprint density at radius 3 is 2.39 bits per heavy atom. The molecule has 0 N–H and O–H groups in total. The summed E-state index contributed by atoms with van der Waals surface area (Å²) in [5.41, 5.74) is 2.00. The van der Waals surface area contributed by atoms with Gasteiger partial charge < -0.3 is 23.7 Å². The largest absolute Gasteiger partial charge is 0.490 e. The first-order valence-corrected chi connectivity index (χ1v) is 17.0. The number of rotatable bonds is 12. The summed E-state index contributed by atoms with van der Waals surface area (Å²) in [6.07, 6.45) is 1.63. The number of allylic oxidation sites excluding steroid dienone is 1. The highest BCUT2D eigenvalue weighted by atomic mass is 35.5. The Hall–Kier alpha value is -4.29. The normalized spacial score (nSPS) is 14.2. The molecule has 49 heavy (non-hydrogen) atoms. The average molecular weight is 746 g/mol. The molecule has 256 valence electrons. The average Bonchev–Trinajstić information content (AvgIpc) is 3.37. The maximum atomic E-state index is 14.3. The lowest BCUT2D eigenvalue weighted by atomic mass is 9.95. The first-order chi connectivity index (χ1) is 23.5. The van der Waals surface area contributed by atoms with Crippen molar-refractivity contribution in [3.8, 4) is 17.2 Å². The minimum Gasteiger partial charge on any atom is -0.490 e. The van der Waals surface area contributed by atoms with Gasteiger partial charge in [-0.3, -0.25) is 9.36 Å². The lowest BCUT2D eigenvalue weighted by Crippen LogP contribution is -2.40. The smallest absolute Gasteiger partial charge is 0.343 e. The van der Waals surface area contributed by atoms with Crippen molar-refractivity contribution in [2.75, 3.05) is 26.9 Å². The highest BCUT2D eigenvalue weighted by Crippen LogP contribution is 2.37. The number of thiazole rings is 1. The first-order valence-electron chi connectivity index (χ1n) is 15.1. The van der Waals surface area contributed by atoms with Gasteiger partial charge in [0.25, 0.3) is 5.56 Å². The number of nitrogens with zero attached hydrogens (tertiary/aromatic N) is 2. The summed E-state index contributed by atoms with van der Waals surface area (Å²) in [4.78, 5) is 44.4. The SMILES string of the molecule is CCOC(=O)C1=C(C)N=c2s/c(=C/c3cc(Cl)cc(Cl)c3OCc3ccc(Cl)cc3)c(=O)n2[C@H]1c1ccc(OCC(=O)OC)c(OCC)c1. The van der Waals surface area contributed by atoms with E-state index < -0.39 is 23.5 Å². The molecule has 0 aliphatic carbocycles. The van der Waals surface area contributed by atoms with Gasteiger partial charge in [0.15, 0.2) is 22.9 Å². The highest BCUT2D eigenvalue weighted by Gasteiger charge is 2.34. The molecule has 0 saturated carbocycles. The summed E-state index contributed by atoms with van der Waals surface area (Å²) in [5.74, 6) is -0.269. The topological polar surface area (TPSA) is 115 Å². The van der Waals surface area contributed by atoms with Crippen molar-refractivity contribution in [1.82, 2.24) is 4.57 Å². The number of benzene rings is 3. The summed E-state index contributed by atoms with van der Waals surface area (Å²) in [7, 11) is 1.26. The number of fused-ring (bicyclic) bond motifs is 1. The third kappa shape index (κ3) is 8.13. The Morgan fingerprint density at radius 2 is 1.69 bits per heavy atom. The van der Waals surface area contributed by atoms with E-state index in [1.165, 1.54) is 11.7 Å². The molecule has 1 atom stereocenters. The van der Waals surface area contributed by atoms with E-state index in [9.17, 15) is 14.4 Å². The maximum Gasteiger partial charge on any atom is 0.343 e. The van der Waals surface area contributed by atoms with Gasteiger partial charge in [-0.25, -0.2) is 14.6 Å². The Kier molecular flexibility index (Phi) is 11.7. The van der Waals surface area contributed by atoms with Gasteiger partial charge in [0.2, 0.25) is 0 Å². The third-order valence-electron chi connectivity index (χ3n) is 7.29. The van der Waals surface area contributed by atoms with Crippen LogP contribution in [0, 0.1) is 0 Å². The van der Waals surface area contributed by atoms with Gasteiger partial charge >= 0.3 is 11.9 Å². The van der Waals surface area contributed by atoms with Gasteiger partial charge in [0.05, 0.1) is 47.2 Å². The molecule has 1 aliphatic rings. The molecule has 0 spiro atoms. The lowest BCUT2D eigenvalue weighted by Gasteiger charge is -2.25. The highest BCUT2D eigenvalue weighted by molar-refractivity contribution is 7.07. The van der Waals surface area contributed by atoms with Crippen molar-refractivity contribution < 1.29 is 33.3 Å². The van der Waals surface area contributed by atoms with Gasteiger partial charge in [-0.05, 0) is 74.4 Å². The zero-order valence-corrected chi connectivity index (χ0v) is 30.0. The minimum atomic E-state index is -0.935. The van der Waals surface area contributed by atoms with Gasteiger partial charge in [-0.1, -0.05) is 64.3 Å². The van der Waals surface area contributed by atoms with Crippen molar-refractivity contribution in [3.63, 3.8) is 0 Å². The molecule has 0 saturated heterocycles. The number of methoxy groups -OCH3 is 1. The Bertz CT molecular complexity index is 2110. The van der Waals surface area contributed by atoms with E-state index >= 15 is 0 Å². The quantitative estimate of drug-likeness (QED) is 0.156. The number of ether oxygens (including phenoxy) is 5. The second kappa shape index (κ2) is 15.9. The third-order valence-corrected chi connectivity index (χ3v) is 9.03. The van der Waals surface area contributed by atoms with Crippen LogP contribution in [0.2, 0.25) is 15.1 Å². The summed E-state index contributed by atoms with van der Waals surface area (Å²) in [5, 5.41) is 1.21. The van der Waals surface area contributed by atoms with E-state index in [0.29, 0.717) is 47.7 Å². The van der Waals surface area contributed by atoms with Crippen LogP contribution >= 0.6 is 46.1 Å². The van der Waals surface area contributed by atoms with Crippen molar-refractivity contribution in [3.05, 3.63) is 117 Å². The number of esters is 2. The second-order valence-corrected chi connectivity index (χ2v) is 12.8. The van der Waals surface area contributed by atoms with Crippen molar-refractivity contribution in [2.24, 2.45) is 4.99 Å². The number of halogens is 3. The summed E-state index contributed by atoms with van der Waals surface area (Å²) in [6.45, 7) is 5.43. The summed E-state index contributed by atoms with van der Waals surface area (Å²) >= 11 is 20.1. The first kappa shape index (κ1) is 36.0. The van der Waals surface area contributed by atoms with Gasteiger partial charge in [-0.15, -0.1) is 0 Å². The fraction of sp³-hybridized carbons (Fsp3) is 0.257. The van der Waals surface area contributed by atoms with Crippen LogP contribution in [-0.4, -0.2) is 43.4 Å². The summed E-state index contributed by atoms with van der Waals surface area (Å²) in [6, 6.07) is 14.4. The van der Waals surface area contributed by atoms with E-state index in [0.717, 1.165) is 16.9 Å². The molecule has 0 unspecified atom stereocenters. The molecule has 1 aliphatic heterocycles. The molecule has 2 heterocycles. The zero-order valence-electron chi connectivity index (χ0n) is 26.9. The molecule has 3 aromatic carbocycles. The van der Waals surface area contributed by atoms with E-state index in [1.807, 2.05) is 12.1 Å². The molecule has 0 fully saturated rings. The number of aromatic nitrogens is 1. The molecule has 10 nitrogen and oxygen atoms in total. The number of hydrogen-bond donors (Lipinski definition) is 0. The Labute approximate surface area is 300 Å². The Morgan fingerprint density at radius 1 is 0.939 bits per heavy atom. The van der Waals surface area contributed by atoms with E-state index in [2.05, 4.69) is 9.73 Å². The predicted octanol–water partition coefficient (Wildman–Crippen LogP) is 6.29. The molecular weight excluding hydrogens is 715 g/mol. The second-order valence-electron chi connectivity index (χ2n) is 10.5. The van der Waals surface area contributed by atoms with E-state index in [1.54, 1.807) is 69.3 Å². The molecule has 14 heteroatoms. The standard InChI is InChI=1S/C35H31Cl3N2O8S/c1-5-45-27-14-21(9-12-26(27)47-18-29(41)44-4)31-30(34(43)46-6-2)19(3)39-35-40(31)33(42)28(49-35)15-22-13-24(37)16-25(38)32(22)48-17-20-7-10-23(36)11-8-20/h7-16,31H,5-6,17-18H2,1-4H3/b28-15+/t31-/m0/s1. The minimum absolute atomic E-state index is 0.117. The molecule has 0 radical (unpaired) electrons. The van der Waals surface area contributed by atoms with Crippen molar-refractivity contribution in [1.29, 1.82) is 0 Å². The Balaban J connectivity index is 1.64. The maximum absolute atomic E-state index is 14.3. The lowest BCUT2D eigenvalue weighted by molar-refractivity contribution is -0.143. The van der Waals surface area contributed by atoms with Crippen LogP contribution in [0.5, 0.6) is 17.2 Å². The van der Waals surface area contributed by atoms with Crippen LogP contribution in [0.15, 0.2) is 75.7 Å². The molecule has 5 rings (SSSR count). The number of carbonyl (C=O) groups excluding carboxylic acids is 2. The molecular formula is C35H31Cl3N2O8S. The van der Waals surface area contributed by atoms with Crippen LogP contribution in [0.25, 0.3) is 6.08 Å². The van der Waals surface area contributed by atoms with Crippen molar-refractivity contribution in [2.45, 2.75) is 33.4 Å². The van der Waals surface area contributed by atoms with E-state index in [4.69, 9.17) is 53.8 Å². The van der Waals surface area contributed by atoms with Crippen LogP contribution in [0.3, 0.4) is 0 Å². The molecule has 4 aromatic rings. The number of carbonyl (C=O) groups is 2. The summed E-state index contributed by atoms with van der Waals surface area (Å²) < 4.78 is 29.4. The van der Waals surface area contributed by atoms with Crippen LogP contribution < -0.4 is 29.1 Å². The van der Waals surface area contributed by atoms with Gasteiger partial charge in [-0.2, -0.15) is 0 Å². The zero-order chi connectivity index (χ0) is 35.2.